The summed E-state index contributed by atoms with van der Waals surface area (Å²) in [6, 6.07) is 0.432. The smallest absolute Gasteiger partial charge is 0.0736 e. The van der Waals surface area contributed by atoms with Crippen LogP contribution < -0.4 is 0 Å². The van der Waals surface area contributed by atoms with Gasteiger partial charge in [-0.05, 0) is 45.4 Å². The van der Waals surface area contributed by atoms with Crippen molar-refractivity contribution in [3.63, 3.8) is 0 Å². The van der Waals surface area contributed by atoms with Gasteiger partial charge in [0.05, 0.1) is 11.8 Å². The number of ether oxygens (including phenoxy) is 2. The lowest BCUT2D eigenvalue weighted by Crippen LogP contribution is -2.47. The lowest BCUT2D eigenvalue weighted by atomic mass is 9.78. The number of piperidine rings is 1. The van der Waals surface area contributed by atoms with Gasteiger partial charge < -0.3 is 9.47 Å². The fourth-order valence-electron chi connectivity index (χ4n) is 4.09. The molecule has 2 fully saturated rings. The number of aromatic nitrogens is 2. The van der Waals surface area contributed by atoms with Crippen LogP contribution in [0.4, 0.5) is 0 Å². The largest absolute Gasteiger partial charge is 0.385 e. The lowest BCUT2D eigenvalue weighted by Gasteiger charge is -2.42. The van der Waals surface area contributed by atoms with E-state index in [9.17, 15) is 0 Å². The zero-order valence-electron chi connectivity index (χ0n) is 14.8. The van der Waals surface area contributed by atoms with Crippen LogP contribution in [0.25, 0.3) is 0 Å². The number of methoxy groups -OCH3 is 1. The molecule has 0 radical (unpaired) electrons. The summed E-state index contributed by atoms with van der Waals surface area (Å²) in [4.78, 5) is 2.54. The summed E-state index contributed by atoms with van der Waals surface area (Å²) in [6.45, 7) is 9.36. The molecule has 0 aromatic carbocycles. The van der Waals surface area contributed by atoms with Crippen molar-refractivity contribution >= 4 is 0 Å². The predicted octanol–water partition coefficient (Wildman–Crippen LogP) is 2.87. The first-order valence-electron chi connectivity index (χ1n) is 9.01. The standard InChI is InChI=1S/C18H31N3O2/c1-15(2)21-14-16(12-19-21)13-20-8-6-18(7-9-20)17(4-10-22-3)5-11-23-18/h12,14-15,17H,4-11,13H2,1-3H3. The van der Waals surface area contributed by atoms with Crippen LogP contribution in [0.3, 0.4) is 0 Å². The maximum atomic E-state index is 6.23. The zero-order valence-corrected chi connectivity index (χ0v) is 14.8. The van der Waals surface area contributed by atoms with Gasteiger partial charge in [0.2, 0.25) is 0 Å². The van der Waals surface area contributed by atoms with Gasteiger partial charge in [-0.15, -0.1) is 0 Å². The van der Waals surface area contributed by atoms with E-state index >= 15 is 0 Å². The molecule has 1 atom stereocenters. The molecule has 1 spiro atoms. The molecule has 130 valence electrons. The molecule has 2 aliphatic heterocycles. The summed E-state index contributed by atoms with van der Waals surface area (Å²) < 4.78 is 13.6. The van der Waals surface area contributed by atoms with Crippen molar-refractivity contribution in [3.05, 3.63) is 18.0 Å². The molecule has 5 heteroatoms. The Morgan fingerprint density at radius 2 is 2.17 bits per heavy atom. The molecule has 0 N–H and O–H groups in total. The van der Waals surface area contributed by atoms with Crippen LogP contribution >= 0.6 is 0 Å². The molecule has 1 aromatic heterocycles. The summed E-state index contributed by atoms with van der Waals surface area (Å²) in [5.74, 6) is 0.674. The number of hydrogen-bond acceptors (Lipinski definition) is 4. The SMILES string of the molecule is COCCC1CCOC12CCN(Cc1cnn(C(C)C)c1)CC2. The van der Waals surface area contributed by atoms with Crippen molar-refractivity contribution in [1.29, 1.82) is 0 Å². The van der Waals surface area contributed by atoms with Gasteiger partial charge in [0.15, 0.2) is 0 Å². The second kappa shape index (κ2) is 7.32. The molecule has 1 aromatic rings. The first-order valence-corrected chi connectivity index (χ1v) is 9.01. The Balaban J connectivity index is 1.53. The van der Waals surface area contributed by atoms with Gasteiger partial charge in [-0.2, -0.15) is 5.10 Å². The third-order valence-electron chi connectivity index (χ3n) is 5.56. The van der Waals surface area contributed by atoms with Gasteiger partial charge in [-0.1, -0.05) is 0 Å². The van der Waals surface area contributed by atoms with E-state index in [1.807, 2.05) is 10.9 Å². The van der Waals surface area contributed by atoms with E-state index in [1.54, 1.807) is 7.11 Å². The van der Waals surface area contributed by atoms with Gasteiger partial charge in [-0.3, -0.25) is 9.58 Å². The third-order valence-corrected chi connectivity index (χ3v) is 5.56. The highest BCUT2D eigenvalue weighted by atomic mass is 16.5. The van der Waals surface area contributed by atoms with Gasteiger partial charge in [-0.25, -0.2) is 0 Å². The first-order chi connectivity index (χ1) is 11.1. The van der Waals surface area contributed by atoms with Gasteiger partial charge in [0.1, 0.15) is 0 Å². The Morgan fingerprint density at radius 1 is 1.39 bits per heavy atom. The molecule has 1 unspecified atom stereocenters. The van der Waals surface area contributed by atoms with Crippen LogP contribution in [0.5, 0.6) is 0 Å². The average molecular weight is 321 g/mol. The van der Waals surface area contributed by atoms with E-state index in [4.69, 9.17) is 9.47 Å². The van der Waals surface area contributed by atoms with Crippen LogP contribution in [-0.2, 0) is 16.0 Å². The number of likely N-dealkylation sites (tertiary alicyclic amines) is 1. The summed E-state index contributed by atoms with van der Waals surface area (Å²) in [5, 5.41) is 4.45. The third kappa shape index (κ3) is 3.78. The molecule has 0 aliphatic carbocycles. The van der Waals surface area contributed by atoms with Crippen molar-refractivity contribution in [3.8, 4) is 0 Å². The fraction of sp³-hybridized carbons (Fsp3) is 0.833. The lowest BCUT2D eigenvalue weighted by molar-refractivity contribution is -0.0721. The molecule has 0 saturated carbocycles. The highest BCUT2D eigenvalue weighted by Crippen LogP contribution is 2.42. The maximum absolute atomic E-state index is 6.23. The highest BCUT2D eigenvalue weighted by molar-refractivity contribution is 5.05. The second-order valence-electron chi connectivity index (χ2n) is 7.38. The molecule has 3 heterocycles. The summed E-state index contributed by atoms with van der Waals surface area (Å²) >= 11 is 0. The molecule has 0 amide bonds. The minimum absolute atomic E-state index is 0.122. The van der Waals surface area contributed by atoms with Crippen molar-refractivity contribution < 1.29 is 9.47 Å². The van der Waals surface area contributed by atoms with Crippen LogP contribution in [-0.4, -0.2) is 53.7 Å². The Hall–Kier alpha value is -0.910. The van der Waals surface area contributed by atoms with Crippen molar-refractivity contribution in [2.45, 2.75) is 57.7 Å². The van der Waals surface area contributed by atoms with Crippen LogP contribution in [0.15, 0.2) is 12.4 Å². The summed E-state index contributed by atoms with van der Waals surface area (Å²) in [5.41, 5.74) is 1.44. The molecule has 3 rings (SSSR count). The summed E-state index contributed by atoms with van der Waals surface area (Å²) in [6.07, 6.45) is 8.84. The zero-order chi connectivity index (χ0) is 16.3. The molecule has 23 heavy (non-hydrogen) atoms. The number of rotatable bonds is 6. The van der Waals surface area contributed by atoms with E-state index < -0.39 is 0 Å². The Labute approximate surface area is 139 Å². The topological polar surface area (TPSA) is 39.5 Å². The van der Waals surface area contributed by atoms with Gasteiger partial charge in [0.25, 0.3) is 0 Å². The Morgan fingerprint density at radius 3 is 2.83 bits per heavy atom. The molecular weight excluding hydrogens is 290 g/mol. The van der Waals surface area contributed by atoms with E-state index in [2.05, 4.69) is 30.0 Å². The van der Waals surface area contributed by atoms with Crippen LogP contribution in [0.1, 0.15) is 51.1 Å². The fourth-order valence-corrected chi connectivity index (χ4v) is 4.09. The Bertz CT molecular complexity index is 492. The quantitative estimate of drug-likeness (QED) is 0.808. The van der Waals surface area contributed by atoms with Crippen molar-refractivity contribution in [2.24, 2.45) is 5.92 Å². The molecule has 2 saturated heterocycles. The predicted molar refractivity (Wildman–Crippen MR) is 90.4 cm³/mol. The first kappa shape index (κ1) is 16.9. The second-order valence-corrected chi connectivity index (χ2v) is 7.38. The Kier molecular flexibility index (Phi) is 5.39. The average Bonchev–Trinajstić information content (AvgIpc) is 3.15. The van der Waals surface area contributed by atoms with Crippen molar-refractivity contribution in [2.75, 3.05) is 33.4 Å². The monoisotopic (exact) mass is 321 g/mol. The molecule has 0 bridgehead atoms. The number of hydrogen-bond donors (Lipinski definition) is 0. The molecule has 5 nitrogen and oxygen atoms in total. The highest BCUT2D eigenvalue weighted by Gasteiger charge is 2.45. The van der Waals surface area contributed by atoms with E-state index in [0.29, 0.717) is 12.0 Å². The van der Waals surface area contributed by atoms with Crippen molar-refractivity contribution in [1.82, 2.24) is 14.7 Å². The molecule has 2 aliphatic rings. The van der Waals surface area contributed by atoms with E-state index in [-0.39, 0.29) is 5.60 Å². The maximum Gasteiger partial charge on any atom is 0.0736 e. The van der Waals surface area contributed by atoms with E-state index in [1.165, 1.54) is 12.0 Å². The number of nitrogens with zero attached hydrogens (tertiary/aromatic N) is 3. The minimum atomic E-state index is 0.122. The minimum Gasteiger partial charge on any atom is -0.385 e. The summed E-state index contributed by atoms with van der Waals surface area (Å²) in [7, 11) is 1.79. The van der Waals surface area contributed by atoms with Gasteiger partial charge in [0, 0.05) is 57.8 Å². The van der Waals surface area contributed by atoms with Gasteiger partial charge >= 0.3 is 0 Å². The van der Waals surface area contributed by atoms with Crippen LogP contribution in [0, 0.1) is 5.92 Å². The van der Waals surface area contributed by atoms with Crippen LogP contribution in [0.2, 0.25) is 0 Å². The molecular formula is C18H31N3O2. The normalized spacial score (nSPS) is 24.8. The van der Waals surface area contributed by atoms with E-state index in [0.717, 1.165) is 52.1 Å².